The molecule has 1 atom stereocenters. The highest BCUT2D eigenvalue weighted by Gasteiger charge is 2.30. The first kappa shape index (κ1) is 15.0. The van der Waals surface area contributed by atoms with Gasteiger partial charge in [0.15, 0.2) is 0 Å². The number of carbonyl (C=O) groups is 1. The van der Waals surface area contributed by atoms with Crippen molar-refractivity contribution in [2.75, 3.05) is 13.1 Å². The van der Waals surface area contributed by atoms with Crippen molar-refractivity contribution in [1.82, 2.24) is 9.03 Å². The van der Waals surface area contributed by atoms with Gasteiger partial charge in [-0.3, -0.25) is 4.79 Å². The molecule has 1 aliphatic heterocycles. The van der Waals surface area contributed by atoms with Crippen LogP contribution in [0.25, 0.3) is 0 Å². The average Bonchev–Trinajstić information content (AvgIpc) is 2.97. The molecule has 20 heavy (non-hydrogen) atoms. The lowest BCUT2D eigenvalue weighted by molar-refractivity contribution is -0.137. The first-order chi connectivity index (χ1) is 9.38. The predicted octanol–water partition coefficient (Wildman–Crippen LogP) is 1.03. The molecule has 1 saturated heterocycles. The number of hydrogen-bond donors (Lipinski definition) is 2. The summed E-state index contributed by atoms with van der Waals surface area (Å²) in [5.74, 6) is -0.170. The van der Waals surface area contributed by atoms with Gasteiger partial charge in [0.1, 0.15) is 11.5 Å². The third kappa shape index (κ3) is 3.59. The number of rotatable bonds is 6. The molecular formula is C12H18N2O5S. The van der Waals surface area contributed by atoms with Crippen molar-refractivity contribution in [3.8, 4) is 0 Å². The van der Waals surface area contributed by atoms with Crippen LogP contribution in [0.4, 0.5) is 0 Å². The van der Waals surface area contributed by atoms with Crippen LogP contribution in [0.2, 0.25) is 0 Å². The Morgan fingerprint density at radius 1 is 1.45 bits per heavy atom. The van der Waals surface area contributed by atoms with Gasteiger partial charge in [-0.05, 0) is 31.9 Å². The van der Waals surface area contributed by atoms with Gasteiger partial charge in [0, 0.05) is 13.1 Å². The van der Waals surface area contributed by atoms with E-state index in [1.165, 1.54) is 4.31 Å². The van der Waals surface area contributed by atoms with Gasteiger partial charge in [-0.15, -0.1) is 0 Å². The second kappa shape index (κ2) is 5.94. The number of carboxylic acid groups (broad SMARTS) is 1. The number of aliphatic carboxylic acids is 1. The molecule has 2 heterocycles. The van der Waals surface area contributed by atoms with Gasteiger partial charge in [0.05, 0.1) is 12.5 Å². The van der Waals surface area contributed by atoms with E-state index in [-0.39, 0.29) is 6.42 Å². The molecule has 1 fully saturated rings. The van der Waals surface area contributed by atoms with Gasteiger partial charge in [0.25, 0.3) is 10.2 Å². The van der Waals surface area contributed by atoms with E-state index in [0.717, 1.165) is 12.8 Å². The van der Waals surface area contributed by atoms with Crippen LogP contribution in [0.1, 0.15) is 36.8 Å². The molecule has 0 bridgehead atoms. The SMILES string of the molecule is Cc1ccc(C(CC(=O)O)NS(=O)(=O)N2CCCC2)o1. The molecule has 8 heteroatoms. The first-order valence-corrected chi connectivity index (χ1v) is 7.88. The van der Waals surface area contributed by atoms with Crippen molar-refractivity contribution in [2.45, 2.75) is 32.2 Å². The largest absolute Gasteiger partial charge is 0.481 e. The number of nitrogens with one attached hydrogen (secondary N) is 1. The standard InChI is InChI=1S/C12H18N2O5S/c1-9-4-5-11(19-9)10(8-12(15)16)13-20(17,18)14-6-2-3-7-14/h4-5,10,13H,2-3,6-8H2,1H3,(H,15,16). The second-order valence-electron chi connectivity index (χ2n) is 4.83. The Morgan fingerprint density at radius 3 is 2.60 bits per heavy atom. The summed E-state index contributed by atoms with van der Waals surface area (Å²) in [5.41, 5.74) is 0. The fourth-order valence-corrected chi connectivity index (χ4v) is 3.65. The first-order valence-electron chi connectivity index (χ1n) is 6.44. The third-order valence-corrected chi connectivity index (χ3v) is 4.81. The number of furan rings is 1. The number of aryl methyl sites for hydroxylation is 1. The van der Waals surface area contributed by atoms with Gasteiger partial charge in [-0.2, -0.15) is 17.4 Å². The predicted molar refractivity (Wildman–Crippen MR) is 71.3 cm³/mol. The molecule has 0 saturated carbocycles. The van der Waals surface area contributed by atoms with Crippen LogP contribution < -0.4 is 4.72 Å². The highest BCUT2D eigenvalue weighted by molar-refractivity contribution is 7.87. The minimum absolute atomic E-state index is 0.313. The topological polar surface area (TPSA) is 99.8 Å². The molecule has 0 amide bonds. The van der Waals surface area contributed by atoms with E-state index in [4.69, 9.17) is 9.52 Å². The van der Waals surface area contributed by atoms with Crippen LogP contribution in [0, 0.1) is 6.92 Å². The smallest absolute Gasteiger partial charge is 0.305 e. The summed E-state index contributed by atoms with van der Waals surface area (Å²) in [4.78, 5) is 10.9. The molecule has 0 aromatic carbocycles. The zero-order valence-corrected chi connectivity index (χ0v) is 12.0. The zero-order chi connectivity index (χ0) is 14.8. The van der Waals surface area contributed by atoms with Crippen molar-refractivity contribution in [3.05, 3.63) is 23.7 Å². The maximum Gasteiger partial charge on any atom is 0.305 e. The van der Waals surface area contributed by atoms with Crippen LogP contribution in [0.15, 0.2) is 16.5 Å². The molecule has 1 aliphatic rings. The number of hydrogen-bond acceptors (Lipinski definition) is 4. The maximum atomic E-state index is 12.2. The molecule has 0 radical (unpaired) electrons. The molecule has 1 aromatic rings. The summed E-state index contributed by atoms with van der Waals surface area (Å²) in [6.07, 6.45) is 1.29. The van der Waals surface area contributed by atoms with Crippen molar-refractivity contribution >= 4 is 16.2 Å². The summed E-state index contributed by atoms with van der Waals surface area (Å²) in [6.45, 7) is 2.65. The Balaban J connectivity index is 2.17. The average molecular weight is 302 g/mol. The summed E-state index contributed by atoms with van der Waals surface area (Å²) in [7, 11) is -3.68. The van der Waals surface area contributed by atoms with E-state index >= 15 is 0 Å². The summed E-state index contributed by atoms with van der Waals surface area (Å²) in [5, 5.41) is 8.92. The lowest BCUT2D eigenvalue weighted by Gasteiger charge is -2.20. The lowest BCUT2D eigenvalue weighted by atomic mass is 10.2. The molecule has 112 valence electrons. The third-order valence-electron chi connectivity index (χ3n) is 3.18. The highest BCUT2D eigenvalue weighted by atomic mass is 32.2. The monoisotopic (exact) mass is 302 g/mol. The summed E-state index contributed by atoms with van der Waals surface area (Å²) in [6, 6.07) is 2.37. The van der Waals surface area contributed by atoms with Crippen molar-refractivity contribution in [2.24, 2.45) is 0 Å². The van der Waals surface area contributed by atoms with E-state index < -0.39 is 22.2 Å². The molecular weight excluding hydrogens is 284 g/mol. The second-order valence-corrected chi connectivity index (χ2v) is 6.53. The fraction of sp³-hybridized carbons (Fsp3) is 0.583. The zero-order valence-electron chi connectivity index (χ0n) is 11.2. The lowest BCUT2D eigenvalue weighted by Crippen LogP contribution is -2.41. The highest BCUT2D eigenvalue weighted by Crippen LogP contribution is 2.22. The van der Waals surface area contributed by atoms with Crippen molar-refractivity contribution < 1.29 is 22.7 Å². The Labute approximate surface area is 117 Å². The minimum atomic E-state index is -3.68. The van der Waals surface area contributed by atoms with Gasteiger partial charge in [-0.25, -0.2) is 0 Å². The van der Waals surface area contributed by atoms with Gasteiger partial charge in [0.2, 0.25) is 0 Å². The van der Waals surface area contributed by atoms with Crippen LogP contribution in [0.3, 0.4) is 0 Å². The van der Waals surface area contributed by atoms with Gasteiger partial charge < -0.3 is 9.52 Å². The maximum absolute atomic E-state index is 12.2. The molecule has 2 N–H and O–H groups in total. The molecule has 0 spiro atoms. The van der Waals surface area contributed by atoms with Crippen LogP contribution in [-0.2, 0) is 15.0 Å². The quantitative estimate of drug-likeness (QED) is 0.817. The van der Waals surface area contributed by atoms with E-state index in [1.807, 2.05) is 0 Å². The van der Waals surface area contributed by atoms with Gasteiger partial charge >= 0.3 is 5.97 Å². The Kier molecular flexibility index (Phi) is 4.46. The normalized spacial score (nSPS) is 18.2. The van der Waals surface area contributed by atoms with E-state index in [1.54, 1.807) is 19.1 Å². The minimum Gasteiger partial charge on any atom is -0.481 e. The van der Waals surface area contributed by atoms with Crippen LogP contribution in [0.5, 0.6) is 0 Å². The van der Waals surface area contributed by atoms with Crippen molar-refractivity contribution in [3.63, 3.8) is 0 Å². The summed E-state index contributed by atoms with van der Waals surface area (Å²) < 4.78 is 33.5. The molecule has 1 aromatic heterocycles. The number of nitrogens with zero attached hydrogens (tertiary/aromatic N) is 1. The molecule has 1 unspecified atom stereocenters. The van der Waals surface area contributed by atoms with Gasteiger partial charge in [-0.1, -0.05) is 0 Å². The van der Waals surface area contributed by atoms with E-state index in [9.17, 15) is 13.2 Å². The number of carboxylic acids is 1. The van der Waals surface area contributed by atoms with Crippen LogP contribution >= 0.6 is 0 Å². The molecule has 0 aliphatic carbocycles. The van der Waals surface area contributed by atoms with Crippen LogP contribution in [-0.4, -0.2) is 36.9 Å². The molecule has 2 rings (SSSR count). The Hall–Kier alpha value is -1.38. The Bertz CT molecular complexity index is 574. The molecule has 7 nitrogen and oxygen atoms in total. The van der Waals surface area contributed by atoms with E-state index in [2.05, 4.69) is 4.72 Å². The van der Waals surface area contributed by atoms with E-state index in [0.29, 0.717) is 24.6 Å². The fourth-order valence-electron chi connectivity index (χ4n) is 2.20. The Morgan fingerprint density at radius 2 is 2.10 bits per heavy atom. The van der Waals surface area contributed by atoms with Crippen molar-refractivity contribution in [1.29, 1.82) is 0 Å². The summed E-state index contributed by atoms with van der Waals surface area (Å²) >= 11 is 0.